The molecule has 3 aromatic carbocycles. The predicted octanol–water partition coefficient (Wildman–Crippen LogP) is 3.03. The fourth-order valence-electron chi connectivity index (χ4n) is 5.06. The Balaban J connectivity index is 1.59. The summed E-state index contributed by atoms with van der Waals surface area (Å²) in [6.45, 7) is 3.79. The summed E-state index contributed by atoms with van der Waals surface area (Å²) in [5.41, 5.74) is 6.84. The number of benzene rings is 3. The molecule has 0 aliphatic heterocycles. The van der Waals surface area contributed by atoms with Crippen LogP contribution in [0.5, 0.6) is 0 Å². The molecule has 0 saturated heterocycles. The molecule has 12 heteroatoms. The van der Waals surface area contributed by atoms with Crippen molar-refractivity contribution >= 4 is 38.6 Å². The second kappa shape index (κ2) is 16.3. The van der Waals surface area contributed by atoms with Gasteiger partial charge in [0, 0.05) is 18.5 Å². The van der Waals surface area contributed by atoms with Crippen molar-refractivity contribution in [2.45, 2.75) is 56.2 Å². The molecule has 0 aliphatic carbocycles. The summed E-state index contributed by atoms with van der Waals surface area (Å²) < 4.78 is 28.6. The van der Waals surface area contributed by atoms with Gasteiger partial charge < -0.3 is 21.5 Å². The van der Waals surface area contributed by atoms with E-state index in [1.54, 1.807) is 36.4 Å². The number of rotatable bonds is 16. The van der Waals surface area contributed by atoms with Gasteiger partial charge in [0.2, 0.25) is 21.8 Å². The molecule has 3 atom stereocenters. The molecule has 11 nitrogen and oxygen atoms in total. The first-order chi connectivity index (χ1) is 22.4. The van der Waals surface area contributed by atoms with Crippen LogP contribution in [0.25, 0.3) is 10.9 Å². The Morgan fingerprint density at radius 3 is 2.17 bits per heavy atom. The van der Waals surface area contributed by atoms with E-state index >= 15 is 0 Å². The van der Waals surface area contributed by atoms with Gasteiger partial charge in [0.15, 0.2) is 0 Å². The quantitative estimate of drug-likeness (QED) is 0.143. The largest absolute Gasteiger partial charge is 0.390 e. The Bertz CT molecular complexity index is 1770. The molecule has 0 aliphatic rings. The molecule has 0 bridgehead atoms. The van der Waals surface area contributed by atoms with E-state index in [2.05, 4.69) is 15.6 Å². The predicted molar refractivity (Wildman–Crippen MR) is 180 cm³/mol. The van der Waals surface area contributed by atoms with Crippen molar-refractivity contribution in [2.75, 3.05) is 13.1 Å². The van der Waals surface area contributed by atoms with Crippen molar-refractivity contribution < 1.29 is 27.9 Å². The third kappa shape index (κ3) is 9.92. The van der Waals surface area contributed by atoms with E-state index < -0.39 is 52.4 Å². The number of nitrogens with one attached hydrogen (secondary N) is 2. The first-order valence-corrected chi connectivity index (χ1v) is 16.9. The molecule has 248 valence electrons. The summed E-state index contributed by atoms with van der Waals surface area (Å²) in [5, 5.41) is 17.7. The minimum atomic E-state index is -3.99. The number of aliphatic hydroxyl groups excluding tert-OH is 1. The summed E-state index contributed by atoms with van der Waals surface area (Å²) >= 11 is 0. The number of sulfonamides is 1. The number of carbonyl (C=O) groups is 3. The Morgan fingerprint density at radius 2 is 1.51 bits per heavy atom. The van der Waals surface area contributed by atoms with Gasteiger partial charge in [-0.1, -0.05) is 86.6 Å². The minimum Gasteiger partial charge on any atom is -0.390 e. The van der Waals surface area contributed by atoms with Crippen molar-refractivity contribution in [3.8, 4) is 0 Å². The third-order valence-corrected chi connectivity index (χ3v) is 9.56. The molecule has 0 radical (unpaired) electrons. The third-order valence-electron chi connectivity index (χ3n) is 7.68. The smallest absolute Gasteiger partial charge is 0.270 e. The number of amides is 3. The maximum atomic E-state index is 13.7. The van der Waals surface area contributed by atoms with Crippen LogP contribution in [-0.2, 0) is 26.0 Å². The van der Waals surface area contributed by atoms with Gasteiger partial charge >= 0.3 is 0 Å². The lowest BCUT2D eigenvalue weighted by molar-refractivity contribution is -0.128. The van der Waals surface area contributed by atoms with E-state index in [0.717, 1.165) is 10.9 Å². The molecule has 0 fully saturated rings. The first-order valence-electron chi connectivity index (χ1n) is 15.5. The standard InChI is InChI=1S/C35H41N5O6S/c1-24(2)19-20-40(47(45,46)27-14-7-4-8-15-27)23-32(41)30(21-25-11-5-3-6-12-25)38-35(44)31(22-33(36)42)39-34(43)29-18-17-26-13-9-10-16-28(26)37-29/h3-18,24,30-32,41H,19-23H2,1-2H3,(H2,36,42)(H,38,44)(H,39,43)/t30-,31?,32+/m0/s1. The Kier molecular flexibility index (Phi) is 12.2. The summed E-state index contributed by atoms with van der Waals surface area (Å²) in [5.74, 6) is -2.09. The number of hydrogen-bond donors (Lipinski definition) is 4. The Labute approximate surface area is 275 Å². The number of pyridine rings is 1. The lowest BCUT2D eigenvalue weighted by Crippen LogP contribution is -2.56. The van der Waals surface area contributed by atoms with E-state index in [1.165, 1.54) is 22.5 Å². The van der Waals surface area contributed by atoms with Gasteiger partial charge in [-0.05, 0) is 48.6 Å². The maximum Gasteiger partial charge on any atom is 0.270 e. The summed E-state index contributed by atoms with van der Waals surface area (Å²) in [6.07, 6.45) is -1.19. The van der Waals surface area contributed by atoms with Crippen molar-refractivity contribution in [2.24, 2.45) is 11.7 Å². The fraction of sp³-hybridized carbons (Fsp3) is 0.314. The maximum absolute atomic E-state index is 13.7. The van der Waals surface area contributed by atoms with E-state index in [0.29, 0.717) is 11.9 Å². The highest BCUT2D eigenvalue weighted by molar-refractivity contribution is 7.89. The fourth-order valence-corrected chi connectivity index (χ4v) is 6.55. The lowest BCUT2D eigenvalue weighted by Gasteiger charge is -2.31. The van der Waals surface area contributed by atoms with Crippen LogP contribution < -0.4 is 16.4 Å². The molecule has 1 unspecified atom stereocenters. The van der Waals surface area contributed by atoms with Gasteiger partial charge in [0.25, 0.3) is 5.91 Å². The molecule has 0 spiro atoms. The molecule has 47 heavy (non-hydrogen) atoms. The molecule has 0 saturated carbocycles. The number of hydrogen-bond acceptors (Lipinski definition) is 7. The number of nitrogens with zero attached hydrogens (tertiary/aromatic N) is 2. The van der Waals surface area contributed by atoms with Crippen LogP contribution >= 0.6 is 0 Å². The van der Waals surface area contributed by atoms with Crippen LogP contribution in [0.4, 0.5) is 0 Å². The highest BCUT2D eigenvalue weighted by Gasteiger charge is 2.33. The number of aliphatic hydroxyl groups is 1. The van der Waals surface area contributed by atoms with E-state index in [1.807, 2.05) is 56.3 Å². The highest BCUT2D eigenvalue weighted by atomic mass is 32.2. The van der Waals surface area contributed by atoms with Gasteiger partial charge in [0.05, 0.1) is 29.0 Å². The normalized spacial score (nSPS) is 13.6. The van der Waals surface area contributed by atoms with Crippen molar-refractivity contribution in [1.82, 2.24) is 19.9 Å². The van der Waals surface area contributed by atoms with Crippen LogP contribution in [0.3, 0.4) is 0 Å². The Morgan fingerprint density at radius 1 is 0.872 bits per heavy atom. The van der Waals surface area contributed by atoms with Crippen LogP contribution in [0.2, 0.25) is 0 Å². The van der Waals surface area contributed by atoms with Crippen molar-refractivity contribution in [3.63, 3.8) is 0 Å². The summed E-state index contributed by atoms with van der Waals surface area (Å²) in [4.78, 5) is 43.3. The number of nitrogens with two attached hydrogens (primary N) is 1. The van der Waals surface area contributed by atoms with Gasteiger partial charge in [-0.15, -0.1) is 0 Å². The molecule has 4 aromatic rings. The van der Waals surface area contributed by atoms with Crippen LogP contribution in [0.1, 0.15) is 42.7 Å². The molecular formula is C35H41N5O6S. The number of primary amides is 1. The molecule has 1 heterocycles. The summed E-state index contributed by atoms with van der Waals surface area (Å²) in [6, 6.07) is 25.1. The zero-order valence-corrected chi connectivity index (χ0v) is 27.3. The zero-order chi connectivity index (χ0) is 34.0. The number of aromatic nitrogens is 1. The Hall–Kier alpha value is -4.65. The van der Waals surface area contributed by atoms with E-state index in [-0.39, 0.29) is 36.0 Å². The molecule has 5 N–H and O–H groups in total. The molecular weight excluding hydrogens is 618 g/mol. The lowest BCUT2D eigenvalue weighted by atomic mass is 10.00. The van der Waals surface area contributed by atoms with Gasteiger partial charge in [0.1, 0.15) is 11.7 Å². The second-order valence-electron chi connectivity index (χ2n) is 11.8. The second-order valence-corrected chi connectivity index (χ2v) is 13.8. The van der Waals surface area contributed by atoms with Crippen LogP contribution in [-0.4, -0.2) is 71.8 Å². The van der Waals surface area contributed by atoms with Crippen molar-refractivity contribution in [1.29, 1.82) is 0 Å². The van der Waals surface area contributed by atoms with Gasteiger partial charge in [-0.25, -0.2) is 13.4 Å². The SMILES string of the molecule is CC(C)CCN(C[C@@H](O)[C@H](Cc1ccccc1)NC(=O)C(CC(N)=O)NC(=O)c1ccc2ccccc2n1)S(=O)(=O)c1ccccc1. The molecule has 1 aromatic heterocycles. The van der Waals surface area contributed by atoms with Crippen LogP contribution in [0.15, 0.2) is 102 Å². The number of para-hydroxylation sites is 1. The first kappa shape index (κ1) is 35.2. The van der Waals surface area contributed by atoms with E-state index in [4.69, 9.17) is 5.73 Å². The number of fused-ring (bicyclic) bond motifs is 1. The number of carbonyl (C=O) groups excluding carboxylic acids is 3. The monoisotopic (exact) mass is 659 g/mol. The minimum absolute atomic E-state index is 0.0405. The average Bonchev–Trinajstić information content (AvgIpc) is 3.06. The zero-order valence-electron chi connectivity index (χ0n) is 26.5. The van der Waals surface area contributed by atoms with Crippen molar-refractivity contribution in [3.05, 3.63) is 108 Å². The van der Waals surface area contributed by atoms with Gasteiger partial charge in [-0.3, -0.25) is 14.4 Å². The average molecular weight is 660 g/mol. The van der Waals surface area contributed by atoms with Gasteiger partial charge in [-0.2, -0.15) is 4.31 Å². The summed E-state index contributed by atoms with van der Waals surface area (Å²) in [7, 11) is -3.99. The van der Waals surface area contributed by atoms with E-state index in [9.17, 15) is 27.9 Å². The van der Waals surface area contributed by atoms with Crippen LogP contribution in [0, 0.1) is 5.92 Å². The molecule has 3 amide bonds. The highest BCUT2D eigenvalue weighted by Crippen LogP contribution is 2.19. The topological polar surface area (TPSA) is 172 Å². The molecule has 4 rings (SSSR count).